The molecule has 9 atom stereocenters. The normalized spacial score (nSPS) is 35.8. The first-order valence-corrected chi connectivity index (χ1v) is 18.0. The van der Waals surface area contributed by atoms with Crippen molar-refractivity contribution in [2.75, 3.05) is 0 Å². The Hall–Kier alpha value is -3.69. The molecule has 4 aliphatic rings. The lowest BCUT2D eigenvalue weighted by Gasteiger charge is -2.64. The molecule has 0 unspecified atom stereocenters. The second-order valence-corrected chi connectivity index (χ2v) is 17.4. The zero-order valence-electron chi connectivity index (χ0n) is 31.7. The highest BCUT2D eigenvalue weighted by molar-refractivity contribution is 5.98. The molecular formula is C42H54O9. The van der Waals surface area contributed by atoms with Crippen molar-refractivity contribution >= 4 is 35.4 Å². The average molecular weight is 703 g/mol. The van der Waals surface area contributed by atoms with Crippen molar-refractivity contribution in [1.29, 1.82) is 0 Å². The number of hydrogen-bond acceptors (Lipinski definition) is 9. The summed E-state index contributed by atoms with van der Waals surface area (Å²) in [4.78, 5) is 66.9. The number of esters is 2. The van der Waals surface area contributed by atoms with Gasteiger partial charge in [0.2, 0.25) is 0 Å². The van der Waals surface area contributed by atoms with Gasteiger partial charge in [0, 0.05) is 36.2 Å². The number of ketones is 3. The van der Waals surface area contributed by atoms with E-state index in [1.54, 1.807) is 19.9 Å². The Labute approximate surface area is 301 Å². The van der Waals surface area contributed by atoms with Gasteiger partial charge in [-0.3, -0.25) is 19.2 Å². The van der Waals surface area contributed by atoms with Gasteiger partial charge in [-0.15, -0.1) is 0 Å². The molecule has 4 aliphatic carbocycles. The Morgan fingerprint density at radius 3 is 2.20 bits per heavy atom. The van der Waals surface area contributed by atoms with Crippen molar-refractivity contribution in [3.63, 3.8) is 0 Å². The summed E-state index contributed by atoms with van der Waals surface area (Å²) in [5.74, 6) is -3.75. The van der Waals surface area contributed by atoms with Crippen molar-refractivity contribution in [2.45, 2.75) is 118 Å². The molecule has 1 aromatic carbocycles. The second-order valence-electron chi connectivity index (χ2n) is 17.4. The van der Waals surface area contributed by atoms with Gasteiger partial charge < -0.3 is 19.7 Å². The van der Waals surface area contributed by atoms with Crippen LogP contribution in [-0.4, -0.2) is 62.9 Å². The summed E-state index contributed by atoms with van der Waals surface area (Å²) in [5, 5.41) is 23.7. The van der Waals surface area contributed by atoms with E-state index in [9.17, 15) is 34.2 Å². The number of allylic oxidation sites excluding steroid dienone is 2. The molecule has 2 N–H and O–H groups in total. The first kappa shape index (κ1) is 38.5. The van der Waals surface area contributed by atoms with Gasteiger partial charge in [0.05, 0.1) is 6.10 Å². The van der Waals surface area contributed by atoms with Gasteiger partial charge in [-0.1, -0.05) is 62.2 Å². The number of benzene rings is 1. The fraction of sp³-hybridized carbons (Fsp3) is 0.595. The zero-order valence-corrected chi connectivity index (χ0v) is 31.7. The molecule has 0 spiro atoms. The molecule has 0 amide bonds. The van der Waals surface area contributed by atoms with Crippen molar-refractivity contribution < 1.29 is 43.7 Å². The maximum absolute atomic E-state index is 14.8. The third kappa shape index (κ3) is 6.28. The standard InChI is InChI=1S/C42H54O9/c1-24-11-13-26(14-12-24)15-18-34(47)50-30-21-28-27(38(5,6)36(30)48)16-17-31-39(7)22-29(44)35(40(39,8)23-33(46)41(28,31)9)42(10,49)32(45)19-20-37(3,4)51-25(2)43/h11-16,18-20,28-31,35,44,49H,17,21-23H2,1-10H3/b18-15+,20-19+/t28-,29-,30+,31+,35+,39+,40-,41+,42+/m1/s1. The topological polar surface area (TPSA) is 144 Å². The number of fused-ring (bicyclic) bond motifs is 5. The number of Topliss-reactive ketones (excluding diaryl/α,β-unsaturated/α-hetero) is 2. The Bertz CT molecular complexity index is 1730. The van der Waals surface area contributed by atoms with Crippen LogP contribution in [0.1, 0.15) is 99.1 Å². The molecule has 9 heteroatoms. The third-order valence-electron chi connectivity index (χ3n) is 13.3. The number of aliphatic hydroxyl groups excluding tert-OH is 1. The van der Waals surface area contributed by atoms with E-state index in [0.29, 0.717) is 6.42 Å². The highest BCUT2D eigenvalue weighted by atomic mass is 16.6. The molecule has 0 bridgehead atoms. The quantitative estimate of drug-likeness (QED) is 0.187. The van der Waals surface area contributed by atoms with E-state index in [4.69, 9.17) is 9.47 Å². The monoisotopic (exact) mass is 702 g/mol. The molecule has 0 saturated heterocycles. The van der Waals surface area contributed by atoms with E-state index >= 15 is 0 Å². The lowest BCUT2D eigenvalue weighted by Crippen LogP contribution is -2.65. The number of carbonyl (C=O) groups is 5. The summed E-state index contributed by atoms with van der Waals surface area (Å²) >= 11 is 0. The Kier molecular flexibility index (Phi) is 9.64. The summed E-state index contributed by atoms with van der Waals surface area (Å²) < 4.78 is 11.1. The molecule has 3 fully saturated rings. The van der Waals surface area contributed by atoms with Gasteiger partial charge in [-0.2, -0.15) is 0 Å². The largest absolute Gasteiger partial charge is 0.456 e. The van der Waals surface area contributed by atoms with Crippen molar-refractivity contribution in [3.05, 3.63) is 65.3 Å². The number of ether oxygens (including phenoxy) is 2. The van der Waals surface area contributed by atoms with E-state index < -0.39 is 74.6 Å². The molecule has 3 saturated carbocycles. The number of aryl methyl sites for hydroxylation is 1. The van der Waals surface area contributed by atoms with Gasteiger partial charge in [0.15, 0.2) is 17.7 Å². The summed E-state index contributed by atoms with van der Waals surface area (Å²) in [5.41, 5.74) is -3.96. The summed E-state index contributed by atoms with van der Waals surface area (Å²) in [6, 6.07) is 7.66. The van der Waals surface area contributed by atoms with Crippen LogP contribution < -0.4 is 0 Å². The zero-order chi connectivity index (χ0) is 38.1. The predicted molar refractivity (Wildman–Crippen MR) is 192 cm³/mol. The van der Waals surface area contributed by atoms with Crippen molar-refractivity contribution in [3.8, 4) is 0 Å². The molecular weight excluding hydrogens is 648 g/mol. The van der Waals surface area contributed by atoms with E-state index in [1.807, 2.05) is 58.9 Å². The molecule has 1 aromatic rings. The van der Waals surface area contributed by atoms with Gasteiger partial charge in [-0.05, 0) is 107 Å². The van der Waals surface area contributed by atoms with Crippen LogP contribution in [0.5, 0.6) is 0 Å². The fourth-order valence-corrected chi connectivity index (χ4v) is 10.5. The predicted octanol–water partition coefficient (Wildman–Crippen LogP) is 6.07. The van der Waals surface area contributed by atoms with Crippen LogP contribution >= 0.6 is 0 Å². The van der Waals surface area contributed by atoms with E-state index in [0.717, 1.165) is 16.7 Å². The molecule has 0 heterocycles. The van der Waals surface area contributed by atoms with Gasteiger partial charge in [0.25, 0.3) is 0 Å². The maximum atomic E-state index is 14.8. The van der Waals surface area contributed by atoms with Gasteiger partial charge in [-0.25, -0.2) is 4.79 Å². The first-order chi connectivity index (χ1) is 23.4. The van der Waals surface area contributed by atoms with Crippen LogP contribution in [0.25, 0.3) is 6.08 Å². The molecule has 5 rings (SSSR count). The lowest BCUT2D eigenvalue weighted by atomic mass is 9.38. The first-order valence-electron chi connectivity index (χ1n) is 18.0. The molecule has 51 heavy (non-hydrogen) atoms. The third-order valence-corrected chi connectivity index (χ3v) is 13.3. The number of rotatable bonds is 8. The number of aliphatic hydroxyl groups is 2. The van der Waals surface area contributed by atoms with Gasteiger partial charge in [0.1, 0.15) is 17.0 Å². The fourth-order valence-electron chi connectivity index (χ4n) is 10.5. The lowest BCUT2D eigenvalue weighted by molar-refractivity contribution is -0.185. The van der Waals surface area contributed by atoms with Crippen LogP contribution in [0, 0.1) is 46.3 Å². The molecule has 0 aromatic heterocycles. The second kappa shape index (κ2) is 12.8. The van der Waals surface area contributed by atoms with Crippen LogP contribution in [-0.2, 0) is 33.4 Å². The Morgan fingerprint density at radius 2 is 1.59 bits per heavy atom. The van der Waals surface area contributed by atoms with Crippen molar-refractivity contribution in [2.24, 2.45) is 39.4 Å². The van der Waals surface area contributed by atoms with Crippen LogP contribution in [0.4, 0.5) is 0 Å². The van der Waals surface area contributed by atoms with E-state index in [1.165, 1.54) is 32.1 Å². The highest BCUT2D eigenvalue weighted by Gasteiger charge is 2.74. The number of carbonyl (C=O) groups excluding carboxylic acids is 5. The van der Waals surface area contributed by atoms with E-state index in [2.05, 4.69) is 13.0 Å². The summed E-state index contributed by atoms with van der Waals surface area (Å²) in [6.07, 6.45) is 6.40. The minimum atomic E-state index is -2.04. The highest BCUT2D eigenvalue weighted by Crippen LogP contribution is 2.74. The molecule has 9 nitrogen and oxygen atoms in total. The average Bonchev–Trinajstić information content (AvgIpc) is 3.22. The minimum absolute atomic E-state index is 0.00616. The molecule has 0 radical (unpaired) electrons. The molecule has 276 valence electrons. The SMILES string of the molecule is CC(=O)OC(C)(C)/C=C/C(=O)[C@](C)(O)[C@H]1[C@H](O)C[C@@]2(C)[C@@H]3CC=C4[C@@H](C[C@H](OC(=O)/C=C/c5ccc(C)cc5)C(=O)C4(C)C)[C@]3(C)C(=O)C[C@]12C. The Balaban J connectivity index is 1.46. The van der Waals surface area contributed by atoms with Crippen LogP contribution in [0.2, 0.25) is 0 Å². The summed E-state index contributed by atoms with van der Waals surface area (Å²) in [7, 11) is 0. The van der Waals surface area contributed by atoms with Gasteiger partial charge >= 0.3 is 11.9 Å². The van der Waals surface area contributed by atoms with Crippen molar-refractivity contribution in [1.82, 2.24) is 0 Å². The van der Waals surface area contributed by atoms with Crippen LogP contribution in [0.3, 0.4) is 0 Å². The van der Waals surface area contributed by atoms with Crippen LogP contribution in [0.15, 0.2) is 54.1 Å². The summed E-state index contributed by atoms with van der Waals surface area (Å²) in [6.45, 7) is 17.4. The smallest absolute Gasteiger partial charge is 0.331 e. The maximum Gasteiger partial charge on any atom is 0.331 e. The Morgan fingerprint density at radius 1 is 0.961 bits per heavy atom. The minimum Gasteiger partial charge on any atom is -0.456 e. The number of hydrogen-bond donors (Lipinski definition) is 2. The molecule has 0 aliphatic heterocycles. The van der Waals surface area contributed by atoms with E-state index in [-0.39, 0.29) is 36.7 Å².